The molecule has 9 nitrogen and oxygen atoms in total. The van der Waals surface area contributed by atoms with Gasteiger partial charge in [0, 0.05) is 20.1 Å². The first kappa shape index (κ1) is 20.5. The molecule has 0 amide bonds. The third-order valence-corrected chi connectivity index (χ3v) is 6.24. The summed E-state index contributed by atoms with van der Waals surface area (Å²) in [7, 11) is 3.23. The van der Waals surface area contributed by atoms with Crippen molar-refractivity contribution in [3.8, 4) is 0 Å². The van der Waals surface area contributed by atoms with Gasteiger partial charge in [0.2, 0.25) is 5.95 Å². The molecular weight excluding hydrogens is 433 g/mol. The highest BCUT2D eigenvalue weighted by atomic mass is 35.5. The number of benzene rings is 1. The molecule has 0 radical (unpaired) electrons. The largest absolute Gasteiger partial charge is 0.481 e. The summed E-state index contributed by atoms with van der Waals surface area (Å²) in [6.45, 7) is 0.0369. The molecule has 2 N–H and O–H groups in total. The highest BCUT2D eigenvalue weighted by Gasteiger charge is 2.35. The van der Waals surface area contributed by atoms with E-state index in [4.69, 9.17) is 28.3 Å². The van der Waals surface area contributed by atoms with Gasteiger partial charge in [0.25, 0.3) is 5.56 Å². The fourth-order valence-corrected chi connectivity index (χ4v) is 3.97. The normalized spacial score (nSPS) is 18.4. The number of hydrogen-bond acceptors (Lipinski definition) is 5. The lowest BCUT2D eigenvalue weighted by atomic mass is 9.80. The van der Waals surface area contributed by atoms with Gasteiger partial charge in [0.1, 0.15) is 0 Å². The third-order valence-electron chi connectivity index (χ3n) is 5.51. The van der Waals surface area contributed by atoms with Crippen molar-refractivity contribution in [2.24, 2.45) is 20.0 Å². The number of aromatic nitrogens is 4. The highest BCUT2D eigenvalue weighted by molar-refractivity contribution is 6.42. The maximum atomic E-state index is 13.1. The molecule has 0 saturated heterocycles. The number of nitrogens with zero attached hydrogens (tertiary/aromatic N) is 4. The molecule has 1 aromatic carbocycles. The van der Waals surface area contributed by atoms with Gasteiger partial charge in [0.05, 0.1) is 22.5 Å². The Morgan fingerprint density at radius 2 is 1.90 bits per heavy atom. The number of imidazole rings is 1. The topological polar surface area (TPSA) is 111 Å². The maximum absolute atomic E-state index is 13.1. The second kappa shape index (κ2) is 7.48. The van der Waals surface area contributed by atoms with Gasteiger partial charge in [0.15, 0.2) is 11.2 Å². The van der Waals surface area contributed by atoms with Crippen molar-refractivity contribution >= 4 is 46.3 Å². The number of carboxylic acid groups (broad SMARTS) is 1. The van der Waals surface area contributed by atoms with Crippen LogP contribution in [0.4, 0.5) is 5.95 Å². The molecule has 0 spiro atoms. The SMILES string of the molecule is Cn1c(NC2CC(C(=O)O)C2)nc2c1c(=O)n(Cc1ccc(Cl)c(Cl)c1)c(=O)n2C. The second-order valence-corrected chi connectivity index (χ2v) is 8.31. The summed E-state index contributed by atoms with van der Waals surface area (Å²) in [6, 6.07) is 4.89. The summed E-state index contributed by atoms with van der Waals surface area (Å²) >= 11 is 12.0. The molecule has 0 bridgehead atoms. The van der Waals surface area contributed by atoms with Crippen LogP contribution in [-0.2, 0) is 25.4 Å². The number of carbonyl (C=O) groups is 1. The monoisotopic (exact) mass is 451 g/mol. The van der Waals surface area contributed by atoms with Crippen LogP contribution < -0.4 is 16.6 Å². The van der Waals surface area contributed by atoms with Crippen molar-refractivity contribution in [3.63, 3.8) is 0 Å². The molecule has 1 saturated carbocycles. The quantitative estimate of drug-likeness (QED) is 0.613. The second-order valence-electron chi connectivity index (χ2n) is 7.50. The van der Waals surface area contributed by atoms with Crippen LogP contribution in [0.2, 0.25) is 10.0 Å². The van der Waals surface area contributed by atoms with Crippen molar-refractivity contribution in [1.29, 1.82) is 0 Å². The minimum atomic E-state index is -0.814. The Hall–Kier alpha value is -2.78. The van der Waals surface area contributed by atoms with Crippen molar-refractivity contribution in [3.05, 3.63) is 54.6 Å². The number of hydrogen-bond donors (Lipinski definition) is 2. The average Bonchev–Trinajstić information content (AvgIpc) is 2.98. The van der Waals surface area contributed by atoms with E-state index in [1.165, 1.54) is 4.57 Å². The van der Waals surface area contributed by atoms with E-state index in [-0.39, 0.29) is 29.7 Å². The van der Waals surface area contributed by atoms with Gasteiger partial charge in [-0.25, -0.2) is 4.79 Å². The van der Waals surface area contributed by atoms with E-state index in [1.54, 1.807) is 36.9 Å². The summed E-state index contributed by atoms with van der Waals surface area (Å²) in [6.07, 6.45) is 0.970. The zero-order chi connectivity index (χ0) is 21.7. The van der Waals surface area contributed by atoms with Gasteiger partial charge in [-0.1, -0.05) is 29.3 Å². The predicted molar refractivity (Wildman–Crippen MR) is 114 cm³/mol. The minimum Gasteiger partial charge on any atom is -0.481 e. The van der Waals surface area contributed by atoms with E-state index in [1.807, 2.05) is 0 Å². The molecule has 158 valence electrons. The molecule has 2 heterocycles. The van der Waals surface area contributed by atoms with E-state index in [9.17, 15) is 14.4 Å². The Balaban J connectivity index is 1.72. The summed E-state index contributed by atoms with van der Waals surface area (Å²) in [5.41, 5.74) is 0.220. The highest BCUT2D eigenvalue weighted by Crippen LogP contribution is 2.30. The zero-order valence-electron chi connectivity index (χ0n) is 16.2. The lowest BCUT2D eigenvalue weighted by Gasteiger charge is -2.33. The first-order valence-electron chi connectivity index (χ1n) is 9.27. The van der Waals surface area contributed by atoms with Crippen LogP contribution in [0.1, 0.15) is 18.4 Å². The number of carboxylic acids is 1. The number of anilines is 1. The molecule has 30 heavy (non-hydrogen) atoms. The maximum Gasteiger partial charge on any atom is 0.332 e. The van der Waals surface area contributed by atoms with Gasteiger partial charge in [-0.05, 0) is 30.5 Å². The van der Waals surface area contributed by atoms with Crippen LogP contribution in [0.3, 0.4) is 0 Å². The van der Waals surface area contributed by atoms with Gasteiger partial charge >= 0.3 is 11.7 Å². The fourth-order valence-electron chi connectivity index (χ4n) is 3.65. The van der Waals surface area contributed by atoms with Crippen LogP contribution in [-0.4, -0.2) is 35.8 Å². The lowest BCUT2D eigenvalue weighted by Crippen LogP contribution is -2.40. The third kappa shape index (κ3) is 3.37. The molecule has 0 unspecified atom stereocenters. The molecule has 2 aromatic heterocycles. The van der Waals surface area contributed by atoms with E-state index in [2.05, 4.69) is 10.3 Å². The Labute approximate surface area is 180 Å². The zero-order valence-corrected chi connectivity index (χ0v) is 17.7. The van der Waals surface area contributed by atoms with Crippen LogP contribution in [0.25, 0.3) is 11.2 Å². The molecule has 11 heteroatoms. The van der Waals surface area contributed by atoms with Crippen LogP contribution in [0.5, 0.6) is 0 Å². The Morgan fingerprint density at radius 3 is 2.53 bits per heavy atom. The van der Waals surface area contributed by atoms with Crippen LogP contribution >= 0.6 is 23.2 Å². The molecule has 4 rings (SSSR count). The standard InChI is InChI=1S/C19H19Cl2N5O4/c1-24-14-15(23-18(24)22-11-6-10(7-11)17(28)29)25(2)19(30)26(16(14)27)8-9-3-4-12(20)13(21)5-9/h3-5,10-11H,6-8H2,1-2H3,(H,22,23)(H,28,29). The van der Waals surface area contributed by atoms with Crippen molar-refractivity contribution in [1.82, 2.24) is 18.7 Å². The summed E-state index contributed by atoms with van der Waals surface area (Å²) < 4.78 is 4.04. The summed E-state index contributed by atoms with van der Waals surface area (Å²) in [5, 5.41) is 12.9. The minimum absolute atomic E-state index is 0.0369. The van der Waals surface area contributed by atoms with E-state index in [0.717, 1.165) is 4.57 Å². The van der Waals surface area contributed by atoms with E-state index in [0.29, 0.717) is 34.4 Å². The molecule has 1 fully saturated rings. The van der Waals surface area contributed by atoms with Crippen LogP contribution in [0, 0.1) is 5.92 Å². The Morgan fingerprint density at radius 1 is 1.20 bits per heavy atom. The Kier molecular flexibility index (Phi) is 5.11. The molecule has 1 aliphatic rings. The number of nitrogens with one attached hydrogen (secondary N) is 1. The summed E-state index contributed by atoms with van der Waals surface area (Å²) in [5.74, 6) is -0.770. The first-order valence-corrected chi connectivity index (χ1v) is 10.0. The Bertz CT molecular complexity index is 1290. The van der Waals surface area contributed by atoms with Gasteiger partial charge < -0.3 is 15.0 Å². The van der Waals surface area contributed by atoms with Gasteiger partial charge in [-0.2, -0.15) is 4.98 Å². The van der Waals surface area contributed by atoms with Crippen molar-refractivity contribution < 1.29 is 9.90 Å². The van der Waals surface area contributed by atoms with Crippen molar-refractivity contribution in [2.75, 3.05) is 5.32 Å². The lowest BCUT2D eigenvalue weighted by molar-refractivity contribution is -0.144. The van der Waals surface area contributed by atoms with Gasteiger partial charge in [-0.15, -0.1) is 0 Å². The van der Waals surface area contributed by atoms with Gasteiger partial charge in [-0.3, -0.25) is 18.7 Å². The molecule has 3 aromatic rings. The molecular formula is C19H19Cl2N5O4. The molecule has 0 atom stereocenters. The number of rotatable bonds is 5. The average molecular weight is 452 g/mol. The number of aliphatic carboxylic acids is 1. The van der Waals surface area contributed by atoms with E-state index < -0.39 is 17.2 Å². The van der Waals surface area contributed by atoms with E-state index >= 15 is 0 Å². The first-order chi connectivity index (χ1) is 14.2. The predicted octanol–water partition coefficient (Wildman–Crippen LogP) is 2.06. The molecule has 0 aliphatic heterocycles. The number of fused-ring (bicyclic) bond motifs is 1. The molecule has 1 aliphatic carbocycles. The number of aryl methyl sites for hydroxylation is 2. The number of halogens is 2. The smallest absolute Gasteiger partial charge is 0.332 e. The fraction of sp³-hybridized carbons (Fsp3) is 0.368. The van der Waals surface area contributed by atoms with Crippen LogP contribution in [0.15, 0.2) is 27.8 Å². The summed E-state index contributed by atoms with van der Waals surface area (Å²) in [4.78, 5) is 41.4. The van der Waals surface area contributed by atoms with Crippen molar-refractivity contribution in [2.45, 2.75) is 25.4 Å².